The topological polar surface area (TPSA) is 96.2 Å². The molecule has 1 aliphatic carbocycles. The van der Waals surface area contributed by atoms with E-state index in [0.717, 1.165) is 46.8 Å². The predicted octanol–water partition coefficient (Wildman–Crippen LogP) is 5.26. The number of nitro groups is 1. The van der Waals surface area contributed by atoms with Gasteiger partial charge in [-0.2, -0.15) is 10.4 Å². The predicted molar refractivity (Wildman–Crippen MR) is 119 cm³/mol. The van der Waals surface area contributed by atoms with Crippen LogP contribution < -0.4 is 5.43 Å². The summed E-state index contributed by atoms with van der Waals surface area (Å²) in [6.45, 7) is 4.06. The molecule has 4 rings (SSSR count). The van der Waals surface area contributed by atoms with Gasteiger partial charge >= 0.3 is 0 Å². The van der Waals surface area contributed by atoms with Crippen molar-refractivity contribution in [3.8, 4) is 11.1 Å². The Bertz CT molecular complexity index is 1180. The number of thiophene rings is 1. The molecule has 0 saturated carbocycles. The molecule has 1 aliphatic rings. The van der Waals surface area contributed by atoms with Gasteiger partial charge in [0.15, 0.2) is 0 Å². The molecule has 2 heterocycles. The Labute approximate surface area is 178 Å². The standard InChI is InChI=1S/C22H21N5O2S/c1-14-11-16(13-24-25-17-7-9-18(10-8-17)27(28)29)15(2)26(14)22-20(12-23)19-5-3-4-6-21(19)30-22/h7-11,13,25H,3-6H2,1-2H3/b24-13+. The number of aryl methyl sites for hydroxylation is 2. The minimum Gasteiger partial charge on any atom is -0.308 e. The first-order valence-electron chi connectivity index (χ1n) is 9.77. The number of benzene rings is 1. The zero-order valence-electron chi connectivity index (χ0n) is 16.8. The SMILES string of the molecule is Cc1cc(/C=N/Nc2ccc([N+](=O)[O-])cc2)c(C)n1-c1sc2c(c1C#N)CCCC2. The summed E-state index contributed by atoms with van der Waals surface area (Å²) >= 11 is 1.73. The zero-order chi connectivity index (χ0) is 21.3. The fourth-order valence-corrected chi connectivity index (χ4v) is 5.34. The van der Waals surface area contributed by atoms with Crippen molar-refractivity contribution in [3.05, 3.63) is 73.4 Å². The Kier molecular flexibility index (Phi) is 5.38. The molecule has 0 bridgehead atoms. The maximum atomic E-state index is 10.7. The van der Waals surface area contributed by atoms with Crippen LogP contribution in [0, 0.1) is 35.3 Å². The Morgan fingerprint density at radius 2 is 2.00 bits per heavy atom. The van der Waals surface area contributed by atoms with Crippen LogP contribution in [0.3, 0.4) is 0 Å². The Morgan fingerprint density at radius 1 is 1.27 bits per heavy atom. The van der Waals surface area contributed by atoms with Gasteiger partial charge in [-0.3, -0.25) is 15.5 Å². The lowest BCUT2D eigenvalue weighted by Gasteiger charge is -2.10. The second kappa shape index (κ2) is 8.13. The highest BCUT2D eigenvalue weighted by Gasteiger charge is 2.23. The number of anilines is 1. The molecular weight excluding hydrogens is 398 g/mol. The Balaban J connectivity index is 1.60. The molecule has 0 spiro atoms. The van der Waals surface area contributed by atoms with Crippen molar-refractivity contribution in [1.29, 1.82) is 5.26 Å². The highest BCUT2D eigenvalue weighted by atomic mass is 32.1. The molecule has 0 fully saturated rings. The van der Waals surface area contributed by atoms with Crippen molar-refractivity contribution in [2.24, 2.45) is 5.10 Å². The van der Waals surface area contributed by atoms with Crippen molar-refractivity contribution in [2.45, 2.75) is 39.5 Å². The van der Waals surface area contributed by atoms with Crippen LogP contribution in [0.5, 0.6) is 0 Å². The smallest absolute Gasteiger partial charge is 0.269 e. The molecule has 152 valence electrons. The molecular formula is C22H21N5O2S. The lowest BCUT2D eigenvalue weighted by molar-refractivity contribution is -0.384. The van der Waals surface area contributed by atoms with Crippen LogP contribution >= 0.6 is 11.3 Å². The van der Waals surface area contributed by atoms with Crippen LogP contribution in [-0.2, 0) is 12.8 Å². The number of nitrogens with zero attached hydrogens (tertiary/aromatic N) is 4. The summed E-state index contributed by atoms with van der Waals surface area (Å²) in [4.78, 5) is 11.7. The van der Waals surface area contributed by atoms with E-state index < -0.39 is 4.92 Å². The first-order chi connectivity index (χ1) is 14.5. The van der Waals surface area contributed by atoms with Gasteiger partial charge in [-0.15, -0.1) is 11.3 Å². The number of aromatic nitrogens is 1. The minimum atomic E-state index is -0.431. The van der Waals surface area contributed by atoms with E-state index in [4.69, 9.17) is 0 Å². The maximum Gasteiger partial charge on any atom is 0.269 e. The van der Waals surface area contributed by atoms with E-state index in [2.05, 4.69) is 27.2 Å². The van der Waals surface area contributed by atoms with Crippen molar-refractivity contribution in [2.75, 3.05) is 5.43 Å². The number of hydrogen-bond donors (Lipinski definition) is 1. The molecule has 30 heavy (non-hydrogen) atoms. The van der Waals surface area contributed by atoms with Crippen LogP contribution in [0.4, 0.5) is 11.4 Å². The van der Waals surface area contributed by atoms with Crippen LogP contribution in [0.1, 0.15) is 45.8 Å². The number of hydrogen-bond acceptors (Lipinski definition) is 6. The number of rotatable bonds is 5. The van der Waals surface area contributed by atoms with E-state index in [1.54, 1.807) is 29.7 Å². The first kappa shape index (κ1) is 19.9. The van der Waals surface area contributed by atoms with Gasteiger partial charge in [-0.05, 0) is 63.3 Å². The highest BCUT2D eigenvalue weighted by Crippen LogP contribution is 2.38. The van der Waals surface area contributed by atoms with Gasteiger partial charge in [0, 0.05) is 34.0 Å². The fourth-order valence-electron chi connectivity index (χ4n) is 3.89. The molecule has 8 heteroatoms. The van der Waals surface area contributed by atoms with Gasteiger partial charge in [0.25, 0.3) is 5.69 Å². The number of nitriles is 1. The zero-order valence-corrected chi connectivity index (χ0v) is 17.6. The summed E-state index contributed by atoms with van der Waals surface area (Å²) in [6, 6.07) is 10.6. The molecule has 2 aromatic heterocycles. The van der Waals surface area contributed by atoms with Crippen molar-refractivity contribution >= 4 is 28.9 Å². The molecule has 0 aliphatic heterocycles. The van der Waals surface area contributed by atoms with Crippen molar-refractivity contribution < 1.29 is 4.92 Å². The molecule has 0 saturated heterocycles. The van der Waals surface area contributed by atoms with E-state index in [9.17, 15) is 15.4 Å². The van der Waals surface area contributed by atoms with Gasteiger partial charge in [0.2, 0.25) is 0 Å². The number of non-ortho nitro benzene ring substituents is 1. The van der Waals surface area contributed by atoms with Crippen molar-refractivity contribution in [3.63, 3.8) is 0 Å². The third-order valence-corrected chi connectivity index (χ3v) is 6.69. The average molecular weight is 420 g/mol. The normalized spacial score (nSPS) is 13.2. The largest absolute Gasteiger partial charge is 0.308 e. The minimum absolute atomic E-state index is 0.0417. The number of nitrogens with one attached hydrogen (secondary N) is 1. The van der Waals surface area contributed by atoms with Crippen molar-refractivity contribution in [1.82, 2.24) is 4.57 Å². The first-order valence-corrected chi connectivity index (χ1v) is 10.6. The van der Waals surface area contributed by atoms with Gasteiger partial charge in [0.1, 0.15) is 11.1 Å². The quantitative estimate of drug-likeness (QED) is 0.346. The van der Waals surface area contributed by atoms with E-state index in [-0.39, 0.29) is 5.69 Å². The molecule has 1 aromatic carbocycles. The number of hydrazone groups is 1. The average Bonchev–Trinajstić information content (AvgIpc) is 3.24. The highest BCUT2D eigenvalue weighted by molar-refractivity contribution is 7.15. The van der Waals surface area contributed by atoms with Crippen LogP contribution in [0.25, 0.3) is 5.00 Å². The van der Waals surface area contributed by atoms with Gasteiger partial charge in [-0.25, -0.2) is 0 Å². The van der Waals surface area contributed by atoms with E-state index in [1.165, 1.54) is 29.0 Å². The Hall–Kier alpha value is -3.44. The van der Waals surface area contributed by atoms with Gasteiger partial charge in [-0.1, -0.05) is 0 Å². The summed E-state index contributed by atoms with van der Waals surface area (Å²) < 4.78 is 2.15. The van der Waals surface area contributed by atoms with E-state index >= 15 is 0 Å². The van der Waals surface area contributed by atoms with Gasteiger partial charge < -0.3 is 4.57 Å². The molecule has 7 nitrogen and oxygen atoms in total. The van der Waals surface area contributed by atoms with Crippen LogP contribution in [-0.4, -0.2) is 15.7 Å². The molecule has 3 aromatic rings. The lowest BCUT2D eigenvalue weighted by atomic mass is 9.96. The van der Waals surface area contributed by atoms with Gasteiger partial charge in [0.05, 0.1) is 22.4 Å². The second-order valence-electron chi connectivity index (χ2n) is 7.34. The second-order valence-corrected chi connectivity index (χ2v) is 8.42. The van der Waals surface area contributed by atoms with Crippen LogP contribution in [0.2, 0.25) is 0 Å². The molecule has 0 radical (unpaired) electrons. The molecule has 0 unspecified atom stereocenters. The van der Waals surface area contributed by atoms with Crippen LogP contribution in [0.15, 0.2) is 35.4 Å². The summed E-state index contributed by atoms with van der Waals surface area (Å²) in [5.74, 6) is 0. The third-order valence-electron chi connectivity index (χ3n) is 5.41. The summed E-state index contributed by atoms with van der Waals surface area (Å²) in [5, 5.41) is 25.8. The maximum absolute atomic E-state index is 10.7. The number of nitro benzene ring substituents is 1. The van der Waals surface area contributed by atoms with E-state index in [0.29, 0.717) is 5.69 Å². The monoisotopic (exact) mass is 419 g/mol. The third kappa shape index (κ3) is 3.60. The molecule has 1 N–H and O–H groups in total. The summed E-state index contributed by atoms with van der Waals surface area (Å²) in [6.07, 6.45) is 6.12. The summed E-state index contributed by atoms with van der Waals surface area (Å²) in [7, 11) is 0. The molecule has 0 atom stereocenters. The summed E-state index contributed by atoms with van der Waals surface area (Å²) in [5.41, 5.74) is 8.69. The lowest BCUT2D eigenvalue weighted by Crippen LogP contribution is -2.02. The fraction of sp³-hybridized carbons (Fsp3) is 0.273. The Morgan fingerprint density at radius 3 is 2.70 bits per heavy atom. The number of fused-ring (bicyclic) bond motifs is 1. The molecule has 0 amide bonds. The van der Waals surface area contributed by atoms with E-state index in [1.807, 2.05) is 13.8 Å².